The second-order valence-corrected chi connectivity index (χ2v) is 5.62. The lowest BCUT2D eigenvalue weighted by atomic mass is 10.2. The summed E-state index contributed by atoms with van der Waals surface area (Å²) >= 11 is 0. The molecule has 0 spiro atoms. The Bertz CT molecular complexity index is 788. The normalized spacial score (nSPS) is 10.1. The molecular formula is C19H19FN2O4. The highest BCUT2D eigenvalue weighted by Crippen LogP contribution is 2.11. The minimum Gasteiger partial charge on any atom is -0.465 e. The molecule has 0 radical (unpaired) electrons. The zero-order valence-corrected chi connectivity index (χ0v) is 14.5. The molecule has 6 nitrogen and oxygen atoms in total. The van der Waals surface area contributed by atoms with E-state index in [-0.39, 0.29) is 30.7 Å². The second kappa shape index (κ2) is 8.75. The SMILES string of the molecule is COC(=O)c1ccc(NC(=O)CN(Cc2ccc(F)cc2)C(C)=O)cc1. The molecule has 2 amide bonds. The van der Waals surface area contributed by atoms with Crippen molar-refractivity contribution in [1.82, 2.24) is 4.90 Å². The molecule has 0 bridgehead atoms. The van der Waals surface area contributed by atoms with Crippen LogP contribution in [0.2, 0.25) is 0 Å². The molecular weight excluding hydrogens is 339 g/mol. The molecule has 1 N–H and O–H groups in total. The highest BCUT2D eigenvalue weighted by atomic mass is 19.1. The Labute approximate surface area is 150 Å². The van der Waals surface area contributed by atoms with E-state index in [2.05, 4.69) is 10.1 Å². The van der Waals surface area contributed by atoms with Crippen molar-refractivity contribution in [2.24, 2.45) is 0 Å². The standard InChI is InChI=1S/C19H19FN2O4/c1-13(23)22(11-14-3-7-16(20)8-4-14)12-18(24)21-17-9-5-15(6-10-17)19(25)26-2/h3-10H,11-12H2,1-2H3,(H,21,24). The summed E-state index contributed by atoms with van der Waals surface area (Å²) in [7, 11) is 1.29. The second-order valence-electron chi connectivity index (χ2n) is 5.62. The first-order valence-electron chi connectivity index (χ1n) is 7.87. The van der Waals surface area contributed by atoms with E-state index in [4.69, 9.17) is 0 Å². The number of hydrogen-bond acceptors (Lipinski definition) is 4. The van der Waals surface area contributed by atoms with Crippen LogP contribution in [0.3, 0.4) is 0 Å². The summed E-state index contributed by atoms with van der Waals surface area (Å²) in [4.78, 5) is 36.7. The van der Waals surface area contributed by atoms with Crippen LogP contribution in [0.15, 0.2) is 48.5 Å². The number of hydrogen-bond donors (Lipinski definition) is 1. The Morgan fingerprint density at radius 1 is 1.04 bits per heavy atom. The van der Waals surface area contributed by atoms with Crippen LogP contribution in [0.1, 0.15) is 22.8 Å². The van der Waals surface area contributed by atoms with E-state index >= 15 is 0 Å². The number of anilines is 1. The third-order valence-electron chi connectivity index (χ3n) is 3.66. The number of esters is 1. The van der Waals surface area contributed by atoms with E-state index in [1.54, 1.807) is 24.3 Å². The average molecular weight is 358 g/mol. The zero-order chi connectivity index (χ0) is 19.1. The number of amides is 2. The van der Waals surface area contributed by atoms with Crippen molar-refractivity contribution in [2.75, 3.05) is 19.0 Å². The van der Waals surface area contributed by atoms with Gasteiger partial charge in [-0.05, 0) is 42.0 Å². The molecule has 26 heavy (non-hydrogen) atoms. The van der Waals surface area contributed by atoms with Gasteiger partial charge in [0.05, 0.1) is 12.7 Å². The van der Waals surface area contributed by atoms with E-state index in [1.807, 2.05) is 0 Å². The Balaban J connectivity index is 1.97. The molecule has 0 fully saturated rings. The zero-order valence-electron chi connectivity index (χ0n) is 14.5. The van der Waals surface area contributed by atoms with Crippen LogP contribution in [-0.2, 0) is 20.9 Å². The lowest BCUT2D eigenvalue weighted by molar-refractivity contribution is -0.133. The number of benzene rings is 2. The molecule has 0 saturated heterocycles. The molecule has 0 aromatic heterocycles. The molecule has 2 aromatic rings. The van der Waals surface area contributed by atoms with E-state index in [0.29, 0.717) is 11.3 Å². The van der Waals surface area contributed by atoms with Crippen molar-refractivity contribution in [2.45, 2.75) is 13.5 Å². The van der Waals surface area contributed by atoms with Crippen molar-refractivity contribution in [3.63, 3.8) is 0 Å². The predicted octanol–water partition coefficient (Wildman–Crippen LogP) is 2.60. The van der Waals surface area contributed by atoms with Gasteiger partial charge < -0.3 is 15.0 Å². The van der Waals surface area contributed by atoms with Crippen LogP contribution >= 0.6 is 0 Å². The Kier molecular flexibility index (Phi) is 6.43. The van der Waals surface area contributed by atoms with Gasteiger partial charge in [0.2, 0.25) is 11.8 Å². The first kappa shape index (κ1) is 19.1. The number of methoxy groups -OCH3 is 1. The largest absolute Gasteiger partial charge is 0.465 e. The molecule has 136 valence electrons. The van der Waals surface area contributed by atoms with Gasteiger partial charge in [-0.1, -0.05) is 12.1 Å². The van der Waals surface area contributed by atoms with Gasteiger partial charge in [0, 0.05) is 19.2 Å². The fourth-order valence-electron chi connectivity index (χ4n) is 2.27. The summed E-state index contributed by atoms with van der Waals surface area (Å²) in [5.41, 5.74) is 1.58. The van der Waals surface area contributed by atoms with Gasteiger partial charge in [-0.25, -0.2) is 9.18 Å². The smallest absolute Gasteiger partial charge is 0.337 e. The lowest BCUT2D eigenvalue weighted by Gasteiger charge is -2.20. The van der Waals surface area contributed by atoms with Gasteiger partial charge in [-0.3, -0.25) is 9.59 Å². The van der Waals surface area contributed by atoms with E-state index in [1.165, 1.54) is 43.2 Å². The Hall–Kier alpha value is -3.22. The summed E-state index contributed by atoms with van der Waals surface area (Å²) in [6, 6.07) is 11.9. The number of nitrogens with one attached hydrogen (secondary N) is 1. The number of nitrogens with zero attached hydrogens (tertiary/aromatic N) is 1. The Morgan fingerprint density at radius 2 is 1.65 bits per heavy atom. The lowest BCUT2D eigenvalue weighted by Crippen LogP contribution is -2.36. The third kappa shape index (κ3) is 5.41. The van der Waals surface area contributed by atoms with Crippen molar-refractivity contribution in [3.05, 3.63) is 65.5 Å². The molecule has 7 heteroatoms. The minimum absolute atomic E-state index is 0.147. The summed E-state index contributed by atoms with van der Waals surface area (Å²) in [5, 5.41) is 2.66. The van der Waals surface area contributed by atoms with Crippen molar-refractivity contribution in [3.8, 4) is 0 Å². The summed E-state index contributed by atoms with van der Waals surface area (Å²) in [5.74, 6) is -1.49. The number of ether oxygens (including phenoxy) is 1. The van der Waals surface area contributed by atoms with Crippen LogP contribution < -0.4 is 5.32 Å². The fourth-order valence-corrected chi connectivity index (χ4v) is 2.27. The molecule has 0 atom stereocenters. The first-order valence-corrected chi connectivity index (χ1v) is 7.87. The number of rotatable bonds is 6. The summed E-state index contributed by atoms with van der Waals surface area (Å²) in [6.07, 6.45) is 0. The highest BCUT2D eigenvalue weighted by Gasteiger charge is 2.15. The molecule has 0 heterocycles. The van der Waals surface area contributed by atoms with Gasteiger partial charge in [0.1, 0.15) is 12.4 Å². The summed E-state index contributed by atoms with van der Waals surface area (Å²) < 4.78 is 17.6. The van der Waals surface area contributed by atoms with Crippen LogP contribution in [0.25, 0.3) is 0 Å². The molecule has 0 aliphatic rings. The number of carbonyl (C=O) groups is 3. The molecule has 0 saturated carbocycles. The number of halogens is 1. The monoisotopic (exact) mass is 358 g/mol. The van der Waals surface area contributed by atoms with Gasteiger partial charge >= 0.3 is 5.97 Å². The van der Waals surface area contributed by atoms with Crippen LogP contribution in [0, 0.1) is 5.82 Å². The fraction of sp³-hybridized carbons (Fsp3) is 0.211. The quantitative estimate of drug-likeness (QED) is 0.806. The van der Waals surface area contributed by atoms with E-state index in [0.717, 1.165) is 5.56 Å². The van der Waals surface area contributed by atoms with E-state index in [9.17, 15) is 18.8 Å². The number of carbonyl (C=O) groups excluding carboxylic acids is 3. The first-order chi connectivity index (χ1) is 12.4. The molecule has 0 unspecified atom stereocenters. The van der Waals surface area contributed by atoms with Gasteiger partial charge in [0.25, 0.3) is 0 Å². The summed E-state index contributed by atoms with van der Waals surface area (Å²) in [6.45, 7) is 1.41. The average Bonchev–Trinajstić information content (AvgIpc) is 2.62. The molecule has 2 aromatic carbocycles. The Morgan fingerprint density at radius 3 is 2.19 bits per heavy atom. The van der Waals surface area contributed by atoms with Crippen LogP contribution in [0.4, 0.5) is 10.1 Å². The maximum Gasteiger partial charge on any atom is 0.337 e. The van der Waals surface area contributed by atoms with Gasteiger partial charge in [-0.15, -0.1) is 0 Å². The minimum atomic E-state index is -0.468. The van der Waals surface area contributed by atoms with Gasteiger partial charge in [0.15, 0.2) is 0 Å². The maximum absolute atomic E-state index is 13.0. The molecule has 2 rings (SSSR count). The van der Waals surface area contributed by atoms with Crippen molar-refractivity contribution >= 4 is 23.5 Å². The van der Waals surface area contributed by atoms with Gasteiger partial charge in [-0.2, -0.15) is 0 Å². The third-order valence-corrected chi connectivity index (χ3v) is 3.66. The predicted molar refractivity (Wildman–Crippen MR) is 93.9 cm³/mol. The van der Waals surface area contributed by atoms with Crippen LogP contribution in [0.5, 0.6) is 0 Å². The van der Waals surface area contributed by atoms with E-state index < -0.39 is 5.97 Å². The van der Waals surface area contributed by atoms with Crippen LogP contribution in [-0.4, -0.2) is 36.3 Å². The molecule has 0 aliphatic heterocycles. The van der Waals surface area contributed by atoms with Crippen molar-refractivity contribution in [1.29, 1.82) is 0 Å². The maximum atomic E-state index is 13.0. The molecule has 0 aliphatic carbocycles. The topological polar surface area (TPSA) is 75.7 Å². The highest BCUT2D eigenvalue weighted by molar-refractivity contribution is 5.95. The van der Waals surface area contributed by atoms with Crippen molar-refractivity contribution < 1.29 is 23.5 Å².